The van der Waals surface area contributed by atoms with E-state index in [0.717, 1.165) is 28.1 Å². The minimum atomic E-state index is -0.195. The van der Waals surface area contributed by atoms with Gasteiger partial charge in [0.15, 0.2) is 0 Å². The van der Waals surface area contributed by atoms with E-state index in [9.17, 15) is 9.59 Å². The van der Waals surface area contributed by atoms with E-state index in [2.05, 4.69) is 16.4 Å². The first-order chi connectivity index (χ1) is 12.9. The number of aryl methyl sites for hydroxylation is 3. The molecule has 0 bridgehead atoms. The molecule has 0 saturated heterocycles. The molecule has 1 aromatic carbocycles. The van der Waals surface area contributed by atoms with Gasteiger partial charge in [0, 0.05) is 24.8 Å². The molecule has 1 aliphatic rings. The summed E-state index contributed by atoms with van der Waals surface area (Å²) in [4.78, 5) is 32.0. The zero-order chi connectivity index (χ0) is 19.1. The number of nitrogens with zero attached hydrogens (tertiary/aromatic N) is 3. The Kier molecular flexibility index (Phi) is 4.18. The summed E-state index contributed by atoms with van der Waals surface area (Å²) in [5.74, 6) is 0. The van der Waals surface area contributed by atoms with E-state index in [4.69, 9.17) is 0 Å². The van der Waals surface area contributed by atoms with Gasteiger partial charge in [0.1, 0.15) is 5.65 Å². The van der Waals surface area contributed by atoms with Crippen molar-refractivity contribution in [2.24, 2.45) is 0 Å². The Morgan fingerprint density at radius 3 is 2.63 bits per heavy atom. The van der Waals surface area contributed by atoms with Crippen molar-refractivity contribution < 1.29 is 4.79 Å². The van der Waals surface area contributed by atoms with Crippen LogP contribution in [-0.4, -0.2) is 26.9 Å². The summed E-state index contributed by atoms with van der Waals surface area (Å²) in [6.07, 6.45) is 2.31. The molecular weight excluding hydrogens is 340 g/mol. The van der Waals surface area contributed by atoms with Crippen LogP contribution in [0.15, 0.2) is 41.3 Å². The first kappa shape index (κ1) is 17.3. The minimum Gasteiger partial charge on any atom is -0.320 e. The molecule has 6 heteroatoms. The molecule has 2 aromatic heterocycles. The van der Waals surface area contributed by atoms with E-state index in [1.54, 1.807) is 15.5 Å². The summed E-state index contributed by atoms with van der Waals surface area (Å²) >= 11 is 0. The third-order valence-corrected chi connectivity index (χ3v) is 4.96. The Hall–Kier alpha value is -3.15. The van der Waals surface area contributed by atoms with Gasteiger partial charge >= 0.3 is 6.03 Å². The van der Waals surface area contributed by atoms with Gasteiger partial charge in [-0.25, -0.2) is 9.78 Å². The highest BCUT2D eigenvalue weighted by atomic mass is 16.2. The van der Waals surface area contributed by atoms with Crippen molar-refractivity contribution in [3.63, 3.8) is 0 Å². The van der Waals surface area contributed by atoms with Gasteiger partial charge < -0.3 is 10.2 Å². The number of carbonyl (C=O) groups is 1. The van der Waals surface area contributed by atoms with Crippen molar-refractivity contribution in [1.29, 1.82) is 0 Å². The molecule has 2 amide bonds. The number of aromatic nitrogens is 2. The van der Waals surface area contributed by atoms with E-state index in [0.29, 0.717) is 24.2 Å². The highest BCUT2D eigenvalue weighted by Gasteiger charge is 2.25. The first-order valence-electron chi connectivity index (χ1n) is 9.06. The monoisotopic (exact) mass is 362 g/mol. The minimum absolute atomic E-state index is 0.0948. The summed E-state index contributed by atoms with van der Waals surface area (Å²) in [6, 6.07) is 9.53. The molecule has 1 N–H and O–H groups in total. The number of benzene rings is 1. The van der Waals surface area contributed by atoms with Gasteiger partial charge in [0.25, 0.3) is 5.56 Å². The summed E-state index contributed by atoms with van der Waals surface area (Å²) in [6.45, 7) is 6.76. The lowest BCUT2D eigenvalue weighted by atomic mass is 10.1. The molecule has 0 fully saturated rings. The summed E-state index contributed by atoms with van der Waals surface area (Å²) in [7, 11) is 0. The molecule has 138 valence electrons. The summed E-state index contributed by atoms with van der Waals surface area (Å²) < 4.78 is 1.57. The molecular formula is C21H22N4O2. The number of fused-ring (bicyclic) bond motifs is 2. The van der Waals surface area contributed by atoms with Crippen molar-refractivity contribution in [2.75, 3.05) is 11.9 Å². The largest absolute Gasteiger partial charge is 0.322 e. The van der Waals surface area contributed by atoms with Crippen LogP contribution in [0, 0.1) is 20.8 Å². The van der Waals surface area contributed by atoms with Crippen molar-refractivity contribution in [1.82, 2.24) is 14.3 Å². The standard InChI is InChI=1S/C21H22N4O2/c1-13-9-14(2)11-16(10-13)22-21(27)24-8-6-18-17(12-24)20(26)25-7-4-5-15(3)19(25)23-18/h4-5,7,9-11H,6,8,12H2,1-3H3,(H,22,27). The van der Waals surface area contributed by atoms with E-state index in [1.807, 2.05) is 45.0 Å². The number of hydrogen-bond acceptors (Lipinski definition) is 3. The van der Waals surface area contributed by atoms with Crippen LogP contribution in [0.5, 0.6) is 0 Å². The fraction of sp³-hybridized carbons (Fsp3) is 0.286. The third-order valence-electron chi connectivity index (χ3n) is 4.96. The maximum atomic E-state index is 12.9. The van der Waals surface area contributed by atoms with Gasteiger partial charge in [-0.2, -0.15) is 0 Å². The average Bonchev–Trinajstić information content (AvgIpc) is 2.62. The van der Waals surface area contributed by atoms with E-state index < -0.39 is 0 Å². The molecule has 0 saturated carbocycles. The molecule has 0 radical (unpaired) electrons. The Morgan fingerprint density at radius 2 is 1.89 bits per heavy atom. The molecule has 3 heterocycles. The van der Waals surface area contributed by atoms with Gasteiger partial charge in [-0.15, -0.1) is 0 Å². The molecule has 3 aromatic rings. The summed E-state index contributed by atoms with van der Waals surface area (Å²) in [5, 5.41) is 2.95. The highest BCUT2D eigenvalue weighted by molar-refractivity contribution is 5.89. The maximum Gasteiger partial charge on any atom is 0.322 e. The fourth-order valence-electron chi connectivity index (χ4n) is 3.68. The molecule has 0 spiro atoms. The van der Waals surface area contributed by atoms with Crippen LogP contribution in [0.4, 0.5) is 10.5 Å². The number of anilines is 1. The summed E-state index contributed by atoms with van der Waals surface area (Å²) in [5.41, 5.74) is 5.92. The van der Waals surface area contributed by atoms with Gasteiger partial charge in [0.2, 0.25) is 0 Å². The van der Waals surface area contributed by atoms with Crippen LogP contribution in [0.25, 0.3) is 5.65 Å². The second kappa shape index (κ2) is 6.54. The Morgan fingerprint density at radius 1 is 1.15 bits per heavy atom. The predicted molar refractivity (Wildman–Crippen MR) is 105 cm³/mol. The number of rotatable bonds is 1. The van der Waals surface area contributed by atoms with Crippen molar-refractivity contribution in [2.45, 2.75) is 33.7 Å². The van der Waals surface area contributed by atoms with Crippen LogP contribution in [0.3, 0.4) is 0 Å². The molecule has 4 rings (SSSR count). The van der Waals surface area contributed by atoms with Crippen LogP contribution in [-0.2, 0) is 13.0 Å². The lowest BCUT2D eigenvalue weighted by Crippen LogP contribution is -2.42. The number of nitrogens with one attached hydrogen (secondary N) is 1. The van der Waals surface area contributed by atoms with Gasteiger partial charge in [-0.1, -0.05) is 12.1 Å². The molecule has 1 aliphatic heterocycles. The number of hydrogen-bond donors (Lipinski definition) is 1. The Bertz CT molecular complexity index is 1100. The van der Waals surface area contributed by atoms with E-state index >= 15 is 0 Å². The number of carbonyl (C=O) groups excluding carboxylic acids is 1. The fourth-order valence-corrected chi connectivity index (χ4v) is 3.68. The molecule has 0 aliphatic carbocycles. The number of pyridine rings is 1. The lowest BCUT2D eigenvalue weighted by molar-refractivity contribution is 0.205. The zero-order valence-electron chi connectivity index (χ0n) is 15.7. The second-order valence-electron chi connectivity index (χ2n) is 7.21. The molecule has 0 unspecified atom stereocenters. The van der Waals surface area contributed by atoms with Gasteiger partial charge in [0.05, 0.1) is 17.8 Å². The van der Waals surface area contributed by atoms with Crippen LogP contribution in [0.2, 0.25) is 0 Å². The molecule has 27 heavy (non-hydrogen) atoms. The van der Waals surface area contributed by atoms with E-state index in [-0.39, 0.29) is 18.1 Å². The normalized spacial score (nSPS) is 13.5. The number of amides is 2. The topological polar surface area (TPSA) is 66.7 Å². The quantitative estimate of drug-likeness (QED) is 0.723. The number of urea groups is 1. The van der Waals surface area contributed by atoms with Gasteiger partial charge in [-0.05, 0) is 55.7 Å². The zero-order valence-corrected chi connectivity index (χ0v) is 15.7. The van der Waals surface area contributed by atoms with Gasteiger partial charge in [-0.3, -0.25) is 9.20 Å². The van der Waals surface area contributed by atoms with Crippen molar-refractivity contribution >= 4 is 17.4 Å². The Balaban J connectivity index is 1.63. The van der Waals surface area contributed by atoms with Crippen molar-refractivity contribution in [3.05, 3.63) is 74.8 Å². The highest BCUT2D eigenvalue weighted by Crippen LogP contribution is 2.19. The second-order valence-corrected chi connectivity index (χ2v) is 7.21. The molecule has 6 nitrogen and oxygen atoms in total. The SMILES string of the molecule is Cc1cc(C)cc(NC(=O)N2CCc3nc4c(C)cccn4c(=O)c3C2)c1. The third kappa shape index (κ3) is 3.18. The maximum absolute atomic E-state index is 12.9. The molecule has 0 atom stereocenters. The average molecular weight is 362 g/mol. The first-order valence-corrected chi connectivity index (χ1v) is 9.06. The smallest absolute Gasteiger partial charge is 0.320 e. The van der Waals surface area contributed by atoms with Crippen LogP contribution in [0.1, 0.15) is 27.9 Å². The predicted octanol–water partition coefficient (Wildman–Crippen LogP) is 3.21. The lowest BCUT2D eigenvalue weighted by Gasteiger charge is -2.28. The van der Waals surface area contributed by atoms with Crippen LogP contribution >= 0.6 is 0 Å². The van der Waals surface area contributed by atoms with Crippen LogP contribution < -0.4 is 10.9 Å². The van der Waals surface area contributed by atoms with E-state index in [1.165, 1.54) is 0 Å². The van der Waals surface area contributed by atoms with Crippen molar-refractivity contribution in [3.8, 4) is 0 Å². The Labute approximate surface area is 157 Å².